The van der Waals surface area contributed by atoms with Crippen molar-refractivity contribution in [2.24, 2.45) is 5.92 Å². The first-order valence-electron chi connectivity index (χ1n) is 17.1. The molecule has 2 aliphatic rings. The van der Waals surface area contributed by atoms with Crippen molar-refractivity contribution in [3.05, 3.63) is 93.0 Å². The van der Waals surface area contributed by atoms with Crippen LogP contribution in [-0.4, -0.2) is 56.3 Å². The molecule has 5 aromatic rings. The molecule has 11 nitrogen and oxygen atoms in total. The lowest BCUT2D eigenvalue weighted by atomic mass is 9.73. The number of sulfonamides is 1. The zero-order valence-corrected chi connectivity index (χ0v) is 31.3. The lowest BCUT2D eigenvalue weighted by Crippen LogP contribution is -2.36. The lowest BCUT2D eigenvalue weighted by molar-refractivity contribution is -0.123. The van der Waals surface area contributed by atoms with Gasteiger partial charge in [-0.15, -0.1) is 0 Å². The molecule has 1 fully saturated rings. The Kier molecular flexibility index (Phi) is 9.86. The maximum Gasteiger partial charge on any atom is 0.293 e. The molecule has 4 N–H and O–H groups in total. The number of benzene rings is 2. The predicted molar refractivity (Wildman–Crippen MR) is 193 cm³/mol. The van der Waals surface area contributed by atoms with E-state index in [1.165, 1.54) is 26.0 Å². The first-order valence-corrected chi connectivity index (χ1v) is 19.4. The van der Waals surface area contributed by atoms with Crippen LogP contribution in [0.1, 0.15) is 79.0 Å². The SMILES string of the molecule is CC(C)(O)C#Cc1ccc(-c2ccc(Cl)c3c(NS(C)(=O)=O)n[nH]c23)c([C@H](Cc2cc(F)cc(F)c2)NC(=O)Cn2nc(C(F)F)c3c2C(F)(F)[C@@H]2CC[C@H]32)n1. The van der Waals surface area contributed by atoms with Crippen LogP contribution in [0.2, 0.25) is 5.02 Å². The number of aromatic amines is 1. The fourth-order valence-corrected chi connectivity index (χ4v) is 8.07. The van der Waals surface area contributed by atoms with Crippen LogP contribution < -0.4 is 10.0 Å². The minimum Gasteiger partial charge on any atom is -0.378 e. The van der Waals surface area contributed by atoms with Crippen molar-refractivity contribution in [3.63, 3.8) is 0 Å². The molecule has 0 unspecified atom stereocenters. The average molecular weight is 820 g/mol. The quantitative estimate of drug-likeness (QED) is 0.0885. The van der Waals surface area contributed by atoms with Crippen molar-refractivity contribution in [2.45, 2.75) is 69.6 Å². The molecule has 1 amide bonds. The third kappa shape index (κ3) is 7.54. The second kappa shape index (κ2) is 14.1. The molecule has 0 aliphatic heterocycles. The Bertz CT molecular complexity index is 2560. The highest BCUT2D eigenvalue weighted by Crippen LogP contribution is 2.63. The van der Waals surface area contributed by atoms with Gasteiger partial charge in [0, 0.05) is 28.7 Å². The van der Waals surface area contributed by atoms with Crippen molar-refractivity contribution in [1.29, 1.82) is 0 Å². The summed E-state index contributed by atoms with van der Waals surface area (Å²) in [5.41, 5.74) is -2.36. The number of carbonyl (C=O) groups is 1. The number of pyridine rings is 1. The number of aromatic nitrogens is 5. The van der Waals surface area contributed by atoms with E-state index < -0.39 is 81.3 Å². The number of fused-ring (bicyclic) bond motifs is 4. The normalized spacial score (nSPS) is 17.9. The van der Waals surface area contributed by atoms with Crippen LogP contribution in [0.25, 0.3) is 22.0 Å². The molecule has 19 heteroatoms. The Morgan fingerprint density at radius 3 is 2.43 bits per heavy atom. The van der Waals surface area contributed by atoms with Gasteiger partial charge in [-0.2, -0.15) is 19.0 Å². The van der Waals surface area contributed by atoms with Gasteiger partial charge in [-0.1, -0.05) is 23.6 Å². The highest BCUT2D eigenvalue weighted by molar-refractivity contribution is 7.92. The number of halogens is 7. The Morgan fingerprint density at radius 2 is 1.80 bits per heavy atom. The molecule has 0 radical (unpaired) electrons. The summed E-state index contributed by atoms with van der Waals surface area (Å²) in [6.45, 7) is 1.95. The molecular formula is C37H32ClF6N7O4S. The van der Waals surface area contributed by atoms with Gasteiger partial charge in [0.25, 0.3) is 12.3 Å². The maximum absolute atomic E-state index is 15.6. The Labute approximate surface area is 320 Å². The van der Waals surface area contributed by atoms with Gasteiger partial charge in [-0.25, -0.2) is 31.0 Å². The second-order valence-electron chi connectivity index (χ2n) is 14.4. The third-order valence-corrected chi connectivity index (χ3v) is 10.5. The molecule has 2 aromatic carbocycles. The number of anilines is 1. The number of H-pyrrole nitrogens is 1. The Morgan fingerprint density at radius 1 is 1.11 bits per heavy atom. The molecule has 3 aromatic heterocycles. The molecule has 56 heavy (non-hydrogen) atoms. The van der Waals surface area contributed by atoms with Gasteiger partial charge >= 0.3 is 0 Å². The van der Waals surface area contributed by atoms with E-state index in [4.69, 9.17) is 11.6 Å². The molecule has 0 saturated heterocycles. The van der Waals surface area contributed by atoms with Crippen LogP contribution in [0.3, 0.4) is 0 Å². The largest absolute Gasteiger partial charge is 0.378 e. The van der Waals surface area contributed by atoms with E-state index in [0.717, 1.165) is 18.4 Å². The summed E-state index contributed by atoms with van der Waals surface area (Å²) in [5.74, 6) is -3.13. The molecule has 1 saturated carbocycles. The van der Waals surface area contributed by atoms with Crippen LogP contribution in [0.5, 0.6) is 0 Å². The highest BCUT2D eigenvalue weighted by Gasteiger charge is 2.62. The Balaban J connectivity index is 1.37. The van der Waals surface area contributed by atoms with Crippen LogP contribution in [0.4, 0.5) is 32.2 Å². The van der Waals surface area contributed by atoms with Crippen molar-refractivity contribution in [1.82, 2.24) is 30.3 Å². The van der Waals surface area contributed by atoms with Gasteiger partial charge < -0.3 is 10.4 Å². The molecule has 3 atom stereocenters. The molecule has 0 spiro atoms. The first-order chi connectivity index (χ1) is 26.2. The third-order valence-electron chi connectivity index (χ3n) is 9.64. The number of alkyl halides is 4. The number of hydrogen-bond donors (Lipinski definition) is 4. The molecule has 3 heterocycles. The number of carbonyl (C=O) groups excluding carboxylic acids is 1. The highest BCUT2D eigenvalue weighted by atomic mass is 35.5. The van der Waals surface area contributed by atoms with Crippen molar-refractivity contribution < 1.29 is 44.7 Å². The molecule has 7 rings (SSSR count). The summed E-state index contributed by atoms with van der Waals surface area (Å²) in [5, 5.41) is 23.8. The minimum atomic E-state index is -3.82. The molecule has 294 valence electrons. The number of aliphatic hydroxyl groups is 1. The van der Waals surface area contributed by atoms with Gasteiger partial charge in [-0.3, -0.25) is 19.3 Å². The maximum atomic E-state index is 15.6. The average Bonchev–Trinajstić information content (AvgIpc) is 3.68. The number of hydrogen-bond acceptors (Lipinski definition) is 7. The molecular weight excluding hydrogens is 788 g/mol. The van der Waals surface area contributed by atoms with E-state index in [0.29, 0.717) is 16.3 Å². The molecule has 2 aliphatic carbocycles. The number of amides is 1. The van der Waals surface area contributed by atoms with E-state index in [2.05, 4.69) is 42.2 Å². The fourth-order valence-electron chi connectivity index (χ4n) is 7.32. The van der Waals surface area contributed by atoms with Crippen LogP contribution in [0, 0.1) is 29.4 Å². The summed E-state index contributed by atoms with van der Waals surface area (Å²) in [7, 11) is -3.82. The van der Waals surface area contributed by atoms with Gasteiger partial charge in [0.2, 0.25) is 15.9 Å². The van der Waals surface area contributed by atoms with Gasteiger partial charge in [0.1, 0.15) is 40.9 Å². The van der Waals surface area contributed by atoms with Crippen molar-refractivity contribution in [3.8, 4) is 23.0 Å². The van der Waals surface area contributed by atoms with Gasteiger partial charge in [0.05, 0.1) is 33.9 Å². The smallest absolute Gasteiger partial charge is 0.293 e. The number of rotatable bonds is 10. The number of nitrogens with zero attached hydrogens (tertiary/aromatic N) is 4. The zero-order chi connectivity index (χ0) is 40.5. The summed E-state index contributed by atoms with van der Waals surface area (Å²) in [4.78, 5) is 18.6. The summed E-state index contributed by atoms with van der Waals surface area (Å²) in [6, 6.07) is 7.39. The molecule has 0 bridgehead atoms. The minimum absolute atomic E-state index is 0.0174. The van der Waals surface area contributed by atoms with E-state index in [1.807, 2.05) is 0 Å². The summed E-state index contributed by atoms with van der Waals surface area (Å²) >= 11 is 6.50. The van der Waals surface area contributed by atoms with E-state index in [1.54, 1.807) is 12.1 Å². The predicted octanol–water partition coefficient (Wildman–Crippen LogP) is 6.88. The topological polar surface area (TPSA) is 155 Å². The second-order valence-corrected chi connectivity index (χ2v) is 16.5. The Hall–Kier alpha value is -5.12. The van der Waals surface area contributed by atoms with E-state index in [9.17, 15) is 35.9 Å². The lowest BCUT2D eigenvalue weighted by Gasteiger charge is -2.34. The standard InChI is InChI=1S/C37H32ClF6N7O4S/c1-36(2,53)11-10-20-4-5-21(22-7-9-25(38)29-31(22)47-48-35(29)50-56(3,54)55)30(45-20)26(14-17-12-18(39)15-19(40)13-17)46-27(52)16-51-33-28(32(49-51)34(41)42)23-6-8-24(23)37(33,43)44/h4-5,7,9,12-13,15,23-24,26,34,53H,6,8,14,16H2,1-3H3,(H,46,52)(H2,47,48,50)/t23-,24+,26-/m0/s1. The van der Waals surface area contributed by atoms with Crippen molar-refractivity contribution in [2.75, 3.05) is 11.0 Å². The van der Waals surface area contributed by atoms with E-state index in [-0.39, 0.29) is 69.1 Å². The van der Waals surface area contributed by atoms with Crippen LogP contribution >= 0.6 is 11.6 Å². The first kappa shape index (κ1) is 39.1. The van der Waals surface area contributed by atoms with Gasteiger partial charge in [0.15, 0.2) is 5.82 Å². The van der Waals surface area contributed by atoms with E-state index >= 15 is 8.78 Å². The van der Waals surface area contributed by atoms with Crippen LogP contribution in [-0.2, 0) is 33.7 Å². The van der Waals surface area contributed by atoms with Gasteiger partial charge in [-0.05, 0) is 80.8 Å². The zero-order valence-electron chi connectivity index (χ0n) is 29.7. The fraction of sp³-hybridized carbons (Fsp3) is 0.351. The number of nitrogens with one attached hydrogen (secondary N) is 3. The summed E-state index contributed by atoms with van der Waals surface area (Å²) < 4.78 is 116. The van der Waals surface area contributed by atoms with Crippen molar-refractivity contribution >= 4 is 44.3 Å². The summed E-state index contributed by atoms with van der Waals surface area (Å²) in [6.07, 6.45) is -2.21. The van der Waals surface area contributed by atoms with Crippen LogP contribution in [0.15, 0.2) is 42.5 Å². The monoisotopic (exact) mass is 819 g/mol.